The quantitative estimate of drug-likeness (QED) is 0.344. The zero-order chi connectivity index (χ0) is 7.28. The van der Waals surface area contributed by atoms with Crippen LogP contribution in [0.15, 0.2) is 22.5 Å². The van der Waals surface area contributed by atoms with Crippen LogP contribution in [-0.2, 0) is 0 Å². The Kier molecular flexibility index (Phi) is 5.38. The standard InChI is InChI=1S/C6H9IOS/c1-2-3-6(9)5(8)4-7/h2,4,6,8-9H,1,3H2/b5-4+. The molecule has 3 heteroatoms. The van der Waals surface area contributed by atoms with E-state index in [1.54, 1.807) is 10.2 Å². The van der Waals surface area contributed by atoms with Crippen molar-refractivity contribution in [3.63, 3.8) is 0 Å². The van der Waals surface area contributed by atoms with E-state index in [1.165, 1.54) is 0 Å². The molecule has 0 aliphatic heterocycles. The number of hydrogen-bond donors (Lipinski definition) is 2. The summed E-state index contributed by atoms with van der Waals surface area (Å²) in [5.74, 6) is 0.304. The van der Waals surface area contributed by atoms with Crippen molar-refractivity contribution in [3.05, 3.63) is 22.5 Å². The van der Waals surface area contributed by atoms with E-state index >= 15 is 0 Å². The zero-order valence-corrected chi connectivity index (χ0v) is 7.97. The van der Waals surface area contributed by atoms with Gasteiger partial charge in [-0.3, -0.25) is 0 Å². The van der Waals surface area contributed by atoms with Crippen molar-refractivity contribution in [2.45, 2.75) is 11.7 Å². The van der Waals surface area contributed by atoms with Crippen molar-refractivity contribution in [2.75, 3.05) is 0 Å². The van der Waals surface area contributed by atoms with Crippen LogP contribution in [0.2, 0.25) is 0 Å². The first-order chi connectivity index (χ1) is 4.22. The van der Waals surface area contributed by atoms with Gasteiger partial charge in [0.25, 0.3) is 0 Å². The van der Waals surface area contributed by atoms with Crippen molar-refractivity contribution >= 4 is 35.2 Å². The highest BCUT2D eigenvalue weighted by molar-refractivity contribution is 14.1. The SMILES string of the molecule is C=CCC(S)/C(O)=C\I. The second-order valence-corrected chi connectivity index (χ2v) is 2.82. The maximum Gasteiger partial charge on any atom is 0.111 e. The maximum atomic E-state index is 8.99. The minimum Gasteiger partial charge on any atom is -0.511 e. The average Bonchev–Trinajstić information content (AvgIpc) is 1.87. The molecule has 0 aromatic carbocycles. The molecule has 1 atom stereocenters. The zero-order valence-electron chi connectivity index (χ0n) is 4.92. The van der Waals surface area contributed by atoms with Crippen molar-refractivity contribution in [2.24, 2.45) is 0 Å². The third kappa shape index (κ3) is 3.86. The molecular formula is C6H9IOS. The van der Waals surface area contributed by atoms with Gasteiger partial charge in [-0.1, -0.05) is 6.08 Å². The van der Waals surface area contributed by atoms with Crippen LogP contribution in [0.5, 0.6) is 0 Å². The van der Waals surface area contributed by atoms with Crippen LogP contribution in [0.4, 0.5) is 0 Å². The van der Waals surface area contributed by atoms with Crippen LogP contribution in [-0.4, -0.2) is 10.4 Å². The number of aliphatic hydroxyl groups excluding tert-OH is 1. The Bertz CT molecular complexity index is 122. The van der Waals surface area contributed by atoms with Gasteiger partial charge in [0.1, 0.15) is 5.76 Å². The van der Waals surface area contributed by atoms with Crippen LogP contribution < -0.4 is 0 Å². The van der Waals surface area contributed by atoms with Gasteiger partial charge in [0.15, 0.2) is 0 Å². The Morgan fingerprint density at radius 2 is 2.44 bits per heavy atom. The van der Waals surface area contributed by atoms with Gasteiger partial charge in [-0.05, 0) is 29.0 Å². The molecule has 0 rings (SSSR count). The van der Waals surface area contributed by atoms with Gasteiger partial charge in [0, 0.05) is 4.08 Å². The summed E-state index contributed by atoms with van der Waals surface area (Å²) in [4.78, 5) is 0. The second-order valence-electron chi connectivity index (χ2n) is 1.57. The van der Waals surface area contributed by atoms with Crippen molar-refractivity contribution in [1.82, 2.24) is 0 Å². The lowest BCUT2D eigenvalue weighted by Gasteiger charge is -2.03. The van der Waals surface area contributed by atoms with Crippen molar-refractivity contribution < 1.29 is 5.11 Å². The first-order valence-corrected chi connectivity index (χ1v) is 4.26. The van der Waals surface area contributed by atoms with E-state index in [2.05, 4.69) is 19.2 Å². The Hall–Kier alpha value is 0.360. The molecule has 0 fully saturated rings. The molecule has 0 bridgehead atoms. The number of allylic oxidation sites excluding steroid dienone is 1. The number of hydrogen-bond acceptors (Lipinski definition) is 2. The fraction of sp³-hybridized carbons (Fsp3) is 0.333. The van der Waals surface area contributed by atoms with Crippen LogP contribution in [0.25, 0.3) is 0 Å². The Morgan fingerprint density at radius 3 is 2.78 bits per heavy atom. The minimum absolute atomic E-state index is 0.0839. The lowest BCUT2D eigenvalue weighted by Crippen LogP contribution is -1.99. The molecule has 0 radical (unpaired) electrons. The topological polar surface area (TPSA) is 20.2 Å². The fourth-order valence-electron chi connectivity index (χ4n) is 0.351. The Balaban J connectivity index is 3.72. The summed E-state index contributed by atoms with van der Waals surface area (Å²) in [5.41, 5.74) is 0. The van der Waals surface area contributed by atoms with Crippen LogP contribution in [0.1, 0.15) is 6.42 Å². The highest BCUT2D eigenvalue weighted by Crippen LogP contribution is 2.12. The normalized spacial score (nSPS) is 15.1. The second kappa shape index (κ2) is 5.17. The first kappa shape index (κ1) is 9.36. The molecule has 1 nitrogen and oxygen atoms in total. The van der Waals surface area contributed by atoms with E-state index in [1.807, 2.05) is 22.6 Å². The molecule has 0 aromatic rings. The molecule has 0 saturated carbocycles. The van der Waals surface area contributed by atoms with Crippen LogP contribution in [0, 0.1) is 0 Å². The summed E-state index contributed by atoms with van der Waals surface area (Å²) in [5, 5.41) is 8.90. The molecule has 0 aliphatic rings. The number of rotatable bonds is 3. The van der Waals surface area contributed by atoms with Gasteiger partial charge in [-0.15, -0.1) is 6.58 Å². The predicted molar refractivity (Wildman–Crippen MR) is 52.3 cm³/mol. The summed E-state index contributed by atoms with van der Waals surface area (Å²) in [6.45, 7) is 3.53. The van der Waals surface area contributed by atoms with E-state index in [4.69, 9.17) is 5.11 Å². The number of aliphatic hydroxyl groups is 1. The Morgan fingerprint density at radius 1 is 1.89 bits per heavy atom. The van der Waals surface area contributed by atoms with Gasteiger partial charge in [-0.25, -0.2) is 0 Å². The van der Waals surface area contributed by atoms with E-state index in [0.717, 1.165) is 0 Å². The highest BCUT2D eigenvalue weighted by Gasteiger charge is 2.03. The molecule has 0 heterocycles. The molecule has 0 spiro atoms. The van der Waals surface area contributed by atoms with Crippen molar-refractivity contribution in [3.8, 4) is 0 Å². The highest BCUT2D eigenvalue weighted by atomic mass is 127. The van der Waals surface area contributed by atoms with Gasteiger partial charge in [0.05, 0.1) is 5.25 Å². The third-order valence-corrected chi connectivity index (χ3v) is 1.96. The van der Waals surface area contributed by atoms with E-state index in [0.29, 0.717) is 12.2 Å². The van der Waals surface area contributed by atoms with Crippen LogP contribution in [0.3, 0.4) is 0 Å². The lowest BCUT2D eigenvalue weighted by atomic mass is 10.3. The fourth-order valence-corrected chi connectivity index (χ4v) is 1.29. The summed E-state index contributed by atoms with van der Waals surface area (Å²) < 4.78 is 1.61. The first-order valence-electron chi connectivity index (χ1n) is 2.50. The smallest absolute Gasteiger partial charge is 0.111 e. The molecule has 0 aliphatic carbocycles. The molecule has 9 heavy (non-hydrogen) atoms. The maximum absolute atomic E-state index is 8.99. The molecule has 0 saturated heterocycles. The van der Waals surface area contributed by atoms with Crippen LogP contribution >= 0.6 is 35.2 Å². The molecule has 0 aromatic heterocycles. The van der Waals surface area contributed by atoms with E-state index in [9.17, 15) is 0 Å². The summed E-state index contributed by atoms with van der Waals surface area (Å²) in [6.07, 6.45) is 2.43. The van der Waals surface area contributed by atoms with E-state index < -0.39 is 0 Å². The molecule has 0 amide bonds. The Labute approximate surface area is 74.4 Å². The van der Waals surface area contributed by atoms with Crippen molar-refractivity contribution in [1.29, 1.82) is 0 Å². The summed E-state index contributed by atoms with van der Waals surface area (Å²) in [7, 11) is 0. The average molecular weight is 256 g/mol. The monoisotopic (exact) mass is 256 g/mol. The number of halogens is 1. The molecule has 52 valence electrons. The summed E-state index contributed by atoms with van der Waals surface area (Å²) >= 11 is 6.06. The molecule has 1 N–H and O–H groups in total. The lowest BCUT2D eigenvalue weighted by molar-refractivity contribution is 0.397. The largest absolute Gasteiger partial charge is 0.511 e. The van der Waals surface area contributed by atoms with Gasteiger partial charge < -0.3 is 5.11 Å². The number of thiol groups is 1. The predicted octanol–water partition coefficient (Wildman–Crippen LogP) is 2.70. The third-order valence-electron chi connectivity index (χ3n) is 0.843. The van der Waals surface area contributed by atoms with Gasteiger partial charge in [-0.2, -0.15) is 12.6 Å². The molecule has 1 unspecified atom stereocenters. The molecular weight excluding hydrogens is 247 g/mol. The summed E-state index contributed by atoms with van der Waals surface area (Å²) in [6, 6.07) is 0. The van der Waals surface area contributed by atoms with E-state index in [-0.39, 0.29) is 5.25 Å². The van der Waals surface area contributed by atoms with Gasteiger partial charge >= 0.3 is 0 Å². The minimum atomic E-state index is -0.0839. The van der Waals surface area contributed by atoms with Gasteiger partial charge in [0.2, 0.25) is 0 Å².